The van der Waals surface area contributed by atoms with Gasteiger partial charge in [0, 0.05) is 12.1 Å². The lowest BCUT2D eigenvalue weighted by atomic mass is 10.3. The van der Waals surface area contributed by atoms with Gasteiger partial charge in [0.2, 0.25) is 0 Å². The molecule has 0 amide bonds. The van der Waals surface area contributed by atoms with Crippen molar-refractivity contribution in [2.24, 2.45) is 0 Å². The minimum Gasteiger partial charge on any atom is -0.494 e. The van der Waals surface area contributed by atoms with Gasteiger partial charge in [-0.05, 0) is 25.0 Å². The van der Waals surface area contributed by atoms with Crippen molar-refractivity contribution in [3.05, 3.63) is 40.9 Å². The first kappa shape index (κ1) is 14.4. The lowest BCUT2D eigenvalue weighted by molar-refractivity contribution is 0.150. The van der Waals surface area contributed by atoms with E-state index in [1.807, 2.05) is 30.3 Å². The van der Waals surface area contributed by atoms with Crippen LogP contribution in [0.25, 0.3) is 0 Å². The van der Waals surface area contributed by atoms with E-state index in [4.69, 9.17) is 32.7 Å². The van der Waals surface area contributed by atoms with Gasteiger partial charge in [-0.15, -0.1) is 0 Å². The fraction of sp³-hybridized carbons (Fsp3) is 0.385. The number of hydrogen-bond donors (Lipinski definition) is 0. The van der Waals surface area contributed by atoms with Crippen LogP contribution in [0.5, 0.6) is 5.75 Å². The first-order chi connectivity index (χ1) is 8.33. The monoisotopic (exact) mass is 274 g/mol. The molecule has 0 unspecified atom stereocenters. The summed E-state index contributed by atoms with van der Waals surface area (Å²) < 4.78 is 10.8. The average Bonchev–Trinajstić information content (AvgIpc) is 2.38. The van der Waals surface area contributed by atoms with Crippen LogP contribution in [-0.4, -0.2) is 19.8 Å². The molecule has 1 rings (SSSR count). The average molecular weight is 275 g/mol. The Kier molecular flexibility index (Phi) is 7.89. The smallest absolute Gasteiger partial charge is 0.119 e. The van der Waals surface area contributed by atoms with Gasteiger partial charge in [0.25, 0.3) is 0 Å². The van der Waals surface area contributed by atoms with E-state index in [0.29, 0.717) is 24.9 Å². The maximum absolute atomic E-state index is 5.66. The lowest BCUT2D eigenvalue weighted by Gasteiger charge is -2.06. The predicted molar refractivity (Wildman–Crippen MR) is 71.8 cm³/mol. The molecule has 0 aliphatic carbocycles. The fourth-order valence-corrected chi connectivity index (χ4v) is 1.35. The van der Waals surface area contributed by atoms with Gasteiger partial charge in [0.15, 0.2) is 0 Å². The van der Waals surface area contributed by atoms with E-state index in [1.54, 1.807) is 0 Å². The summed E-state index contributed by atoms with van der Waals surface area (Å²) in [4.78, 5) is 0. The van der Waals surface area contributed by atoms with E-state index in [9.17, 15) is 0 Å². The minimum absolute atomic E-state index is 0.380. The Bertz CT molecular complexity index is 325. The van der Waals surface area contributed by atoms with Crippen LogP contribution < -0.4 is 4.74 Å². The molecular weight excluding hydrogens is 259 g/mol. The van der Waals surface area contributed by atoms with Crippen molar-refractivity contribution in [3.8, 4) is 5.75 Å². The molecule has 1 aromatic carbocycles. The van der Waals surface area contributed by atoms with Crippen molar-refractivity contribution in [2.75, 3.05) is 19.8 Å². The van der Waals surface area contributed by atoms with Crippen LogP contribution >= 0.6 is 23.2 Å². The minimum atomic E-state index is 0.380. The van der Waals surface area contributed by atoms with Crippen molar-refractivity contribution >= 4 is 23.2 Å². The third-order valence-electron chi connectivity index (χ3n) is 2.05. The quantitative estimate of drug-likeness (QED) is 0.662. The molecule has 4 heteroatoms. The highest BCUT2D eigenvalue weighted by molar-refractivity contribution is 6.36. The maximum Gasteiger partial charge on any atom is 0.119 e. The highest BCUT2D eigenvalue weighted by Crippen LogP contribution is 2.09. The molecule has 0 N–H and O–H groups in total. The van der Waals surface area contributed by atoms with Gasteiger partial charge < -0.3 is 9.47 Å². The van der Waals surface area contributed by atoms with Crippen LogP contribution in [0.3, 0.4) is 0 Å². The molecule has 2 nitrogen and oxygen atoms in total. The van der Waals surface area contributed by atoms with Crippen LogP contribution in [0.15, 0.2) is 40.9 Å². The highest BCUT2D eigenvalue weighted by atomic mass is 35.5. The molecule has 0 aromatic heterocycles. The number of ether oxygens (including phenoxy) is 2. The molecule has 0 fully saturated rings. The van der Waals surface area contributed by atoms with E-state index < -0.39 is 0 Å². The Morgan fingerprint density at radius 3 is 2.53 bits per heavy atom. The van der Waals surface area contributed by atoms with Crippen molar-refractivity contribution in [3.63, 3.8) is 0 Å². The Morgan fingerprint density at radius 2 is 1.82 bits per heavy atom. The number of benzene rings is 1. The summed E-state index contributed by atoms with van der Waals surface area (Å²) in [5.41, 5.74) is 1.32. The summed E-state index contributed by atoms with van der Waals surface area (Å²) in [6.45, 7) is 1.75. The zero-order valence-corrected chi connectivity index (χ0v) is 11.1. The van der Waals surface area contributed by atoms with Gasteiger partial charge in [-0.25, -0.2) is 0 Å². The lowest BCUT2D eigenvalue weighted by Crippen LogP contribution is -2.01. The van der Waals surface area contributed by atoms with Crippen molar-refractivity contribution in [1.29, 1.82) is 0 Å². The molecule has 0 saturated carbocycles. The SMILES string of the molecule is Cl/C=C(\Cl)COCCCCOc1ccccc1. The second-order valence-electron chi connectivity index (χ2n) is 3.48. The third kappa shape index (κ3) is 7.27. The second kappa shape index (κ2) is 9.34. The molecule has 0 aliphatic heterocycles. The van der Waals surface area contributed by atoms with E-state index in [1.165, 1.54) is 5.54 Å². The van der Waals surface area contributed by atoms with Gasteiger partial charge >= 0.3 is 0 Å². The van der Waals surface area contributed by atoms with Crippen LogP contribution in [0, 0.1) is 0 Å². The summed E-state index contributed by atoms with van der Waals surface area (Å²) in [6.07, 6.45) is 1.90. The van der Waals surface area contributed by atoms with Crippen molar-refractivity contribution in [2.45, 2.75) is 12.8 Å². The molecule has 0 aliphatic rings. The fourth-order valence-electron chi connectivity index (χ4n) is 1.21. The zero-order valence-electron chi connectivity index (χ0n) is 9.57. The van der Waals surface area contributed by atoms with Crippen LogP contribution in [0.2, 0.25) is 0 Å². The normalized spacial score (nSPS) is 11.5. The molecule has 0 bridgehead atoms. The number of para-hydroxylation sites is 1. The Morgan fingerprint density at radius 1 is 1.12 bits per heavy atom. The second-order valence-corrected chi connectivity index (χ2v) is 4.18. The van der Waals surface area contributed by atoms with Crippen LogP contribution in [0.4, 0.5) is 0 Å². The molecule has 0 radical (unpaired) electrons. The first-order valence-electron chi connectivity index (χ1n) is 5.53. The summed E-state index contributed by atoms with van der Waals surface area (Å²) in [6, 6.07) is 9.77. The maximum atomic E-state index is 5.66. The number of rotatable bonds is 8. The van der Waals surface area contributed by atoms with Crippen LogP contribution in [-0.2, 0) is 4.74 Å². The van der Waals surface area contributed by atoms with E-state index in [2.05, 4.69) is 0 Å². The molecule has 0 atom stereocenters. The molecule has 1 aromatic rings. The molecule has 17 heavy (non-hydrogen) atoms. The van der Waals surface area contributed by atoms with Gasteiger partial charge in [-0.2, -0.15) is 0 Å². The predicted octanol–water partition coefficient (Wildman–Crippen LogP) is 4.18. The zero-order chi connectivity index (χ0) is 12.3. The third-order valence-corrected chi connectivity index (χ3v) is 2.65. The van der Waals surface area contributed by atoms with Crippen LogP contribution in [0.1, 0.15) is 12.8 Å². The Labute approximate surface area is 112 Å². The number of unbranched alkanes of at least 4 members (excludes halogenated alkanes) is 1. The van der Waals surface area contributed by atoms with E-state index in [0.717, 1.165) is 18.6 Å². The largest absolute Gasteiger partial charge is 0.494 e. The van der Waals surface area contributed by atoms with Crippen molar-refractivity contribution < 1.29 is 9.47 Å². The molecular formula is C13H16Cl2O2. The standard InChI is InChI=1S/C13H16Cl2O2/c14-10-12(15)11-16-8-4-5-9-17-13-6-2-1-3-7-13/h1-3,6-7,10H,4-5,8-9,11H2/b12-10-. The van der Waals surface area contributed by atoms with E-state index >= 15 is 0 Å². The molecule has 0 saturated heterocycles. The van der Waals surface area contributed by atoms with Gasteiger partial charge in [0.05, 0.1) is 18.2 Å². The first-order valence-corrected chi connectivity index (χ1v) is 6.34. The van der Waals surface area contributed by atoms with Gasteiger partial charge in [-0.3, -0.25) is 0 Å². The molecule has 0 spiro atoms. The summed E-state index contributed by atoms with van der Waals surface area (Å²) >= 11 is 11.1. The number of halogens is 2. The van der Waals surface area contributed by atoms with E-state index in [-0.39, 0.29) is 0 Å². The topological polar surface area (TPSA) is 18.5 Å². The number of hydrogen-bond acceptors (Lipinski definition) is 2. The van der Waals surface area contributed by atoms with Crippen molar-refractivity contribution in [1.82, 2.24) is 0 Å². The molecule has 94 valence electrons. The summed E-state index contributed by atoms with van der Waals surface area (Å²) in [5, 5.41) is 0.521. The summed E-state index contributed by atoms with van der Waals surface area (Å²) in [7, 11) is 0. The Hall–Kier alpha value is -0.700. The molecule has 0 heterocycles. The highest BCUT2D eigenvalue weighted by Gasteiger charge is 1.94. The van der Waals surface area contributed by atoms with Gasteiger partial charge in [0.1, 0.15) is 5.75 Å². The summed E-state index contributed by atoms with van der Waals surface area (Å²) in [5.74, 6) is 0.904. The Balaban J connectivity index is 1.95. The van der Waals surface area contributed by atoms with Gasteiger partial charge in [-0.1, -0.05) is 41.4 Å².